The number of fused-ring (bicyclic) bond motifs is 7. The molecule has 0 radical (unpaired) electrons. The van der Waals surface area contributed by atoms with Crippen LogP contribution >= 0.6 is 0 Å². The number of benzene rings is 9. The van der Waals surface area contributed by atoms with Crippen LogP contribution in [0.15, 0.2) is 243 Å². The first kappa shape index (κ1) is 43.7. The molecule has 0 atom stereocenters. The number of pyridine rings is 1. The van der Waals surface area contributed by atoms with Gasteiger partial charge >= 0.3 is 0 Å². The second-order valence-electron chi connectivity index (χ2n) is 22.3. The summed E-state index contributed by atoms with van der Waals surface area (Å²) >= 11 is 0. The number of hydrogen-bond donors (Lipinski definition) is 0. The number of nitrogens with zero attached hydrogens (tertiary/aromatic N) is 4. The SMILES string of the molecule is c1ccc(C2(c3ccccc3)c3ccccc3-c3ccc(N4CN(c5cccc(Oc6ccc7c8ccccc8n(-c8cc(C9(c%10ccccc%10)C%10CC%11CC(C%10)CC9C%11)ccn8)c7c6)c5)c5ccccc54)cc32)cc1. The van der Waals surface area contributed by atoms with Crippen LogP contribution in [-0.4, -0.2) is 16.2 Å². The molecule has 0 spiro atoms. The Kier molecular flexibility index (Phi) is 9.73. The molecule has 1 aliphatic heterocycles. The van der Waals surface area contributed by atoms with Gasteiger partial charge in [-0.05, 0) is 167 Å². The van der Waals surface area contributed by atoms with Gasteiger partial charge in [0.25, 0.3) is 0 Å². The van der Waals surface area contributed by atoms with Crippen molar-refractivity contribution in [3.63, 3.8) is 0 Å². The molecule has 4 saturated carbocycles. The predicted molar refractivity (Wildman–Crippen MR) is 309 cm³/mol. The molecule has 5 nitrogen and oxygen atoms in total. The van der Waals surface area contributed by atoms with E-state index in [0.29, 0.717) is 18.5 Å². The Balaban J connectivity index is 0.753. The fourth-order valence-electron chi connectivity index (χ4n) is 15.9. The molecule has 11 aromatic rings. The minimum atomic E-state index is -0.480. The lowest BCUT2D eigenvalue weighted by atomic mass is 9.42. The lowest BCUT2D eigenvalue weighted by Crippen LogP contribution is -2.56. The largest absolute Gasteiger partial charge is 0.457 e. The molecule has 17 rings (SSSR count). The van der Waals surface area contributed by atoms with E-state index < -0.39 is 5.41 Å². The molecule has 0 amide bonds. The van der Waals surface area contributed by atoms with Gasteiger partial charge in [0.05, 0.1) is 27.8 Å². The van der Waals surface area contributed by atoms with Crippen molar-refractivity contribution in [1.82, 2.24) is 9.55 Å². The maximum Gasteiger partial charge on any atom is 0.137 e. The number of hydrogen-bond acceptors (Lipinski definition) is 4. The molecule has 0 unspecified atom stereocenters. The van der Waals surface area contributed by atoms with Gasteiger partial charge in [0, 0.05) is 45.9 Å². The molecule has 9 aromatic carbocycles. The first-order valence-corrected chi connectivity index (χ1v) is 27.5. The lowest BCUT2D eigenvalue weighted by Gasteiger charge is -2.62. The number of rotatable bonds is 9. The normalized spacial score (nSPS) is 21.5. The quantitative estimate of drug-likeness (QED) is 0.144. The summed E-state index contributed by atoms with van der Waals surface area (Å²) < 4.78 is 9.32. The Hall–Kier alpha value is -8.67. The van der Waals surface area contributed by atoms with Crippen LogP contribution in [0.3, 0.4) is 0 Å². The van der Waals surface area contributed by atoms with Gasteiger partial charge in [-0.2, -0.15) is 0 Å². The van der Waals surface area contributed by atoms with Crippen LogP contribution in [0.4, 0.5) is 22.7 Å². The van der Waals surface area contributed by atoms with Crippen molar-refractivity contribution in [2.24, 2.45) is 23.7 Å². The van der Waals surface area contributed by atoms with Gasteiger partial charge in [0.2, 0.25) is 0 Å². The van der Waals surface area contributed by atoms with Crippen LogP contribution in [0.2, 0.25) is 0 Å². The maximum atomic E-state index is 6.94. The summed E-state index contributed by atoms with van der Waals surface area (Å²) in [5.74, 6) is 5.56. The average molecular weight is 981 g/mol. The molecule has 6 aliphatic rings. The minimum Gasteiger partial charge on any atom is -0.457 e. The monoisotopic (exact) mass is 980 g/mol. The average Bonchev–Trinajstić information content (AvgIpc) is 4.29. The Labute approximate surface area is 444 Å². The number of ether oxygens (including phenoxy) is 1. The number of anilines is 4. The molecule has 5 aliphatic carbocycles. The van der Waals surface area contributed by atoms with E-state index in [9.17, 15) is 0 Å². The van der Waals surface area contributed by atoms with Crippen molar-refractivity contribution in [2.75, 3.05) is 16.5 Å². The zero-order valence-electron chi connectivity index (χ0n) is 42.3. The van der Waals surface area contributed by atoms with Crippen LogP contribution in [0.5, 0.6) is 11.5 Å². The van der Waals surface area contributed by atoms with Gasteiger partial charge < -0.3 is 14.5 Å². The zero-order valence-corrected chi connectivity index (χ0v) is 42.3. The van der Waals surface area contributed by atoms with E-state index in [1.165, 1.54) is 93.1 Å². The summed E-state index contributed by atoms with van der Waals surface area (Å²) in [5, 5.41) is 2.40. The van der Waals surface area contributed by atoms with Crippen molar-refractivity contribution in [3.05, 3.63) is 276 Å². The Bertz CT molecular complexity index is 3980. The fraction of sp³-hybridized carbons (Fsp3) is 0.169. The highest BCUT2D eigenvalue weighted by Gasteiger charge is 2.58. The van der Waals surface area contributed by atoms with Gasteiger partial charge in [-0.25, -0.2) is 4.98 Å². The van der Waals surface area contributed by atoms with Crippen molar-refractivity contribution in [2.45, 2.75) is 42.9 Å². The van der Waals surface area contributed by atoms with Gasteiger partial charge in [-0.1, -0.05) is 158 Å². The smallest absolute Gasteiger partial charge is 0.137 e. The Morgan fingerprint density at radius 2 is 1.00 bits per heavy atom. The van der Waals surface area contributed by atoms with Crippen LogP contribution in [0.25, 0.3) is 38.8 Å². The van der Waals surface area contributed by atoms with Crippen LogP contribution in [0.1, 0.15) is 65.5 Å². The minimum absolute atomic E-state index is 0.0123. The summed E-state index contributed by atoms with van der Waals surface area (Å²) in [7, 11) is 0. The second kappa shape index (κ2) is 16.9. The molecule has 0 N–H and O–H groups in total. The first-order chi connectivity index (χ1) is 37.6. The summed E-state index contributed by atoms with van der Waals surface area (Å²) in [6.07, 6.45) is 8.82. The molecular weight excluding hydrogens is 925 g/mol. The van der Waals surface area contributed by atoms with E-state index in [4.69, 9.17) is 9.72 Å². The fourth-order valence-corrected chi connectivity index (χ4v) is 15.9. The maximum absolute atomic E-state index is 6.94. The van der Waals surface area contributed by atoms with Gasteiger partial charge in [-0.3, -0.25) is 4.57 Å². The molecule has 0 saturated heterocycles. The summed E-state index contributed by atoms with van der Waals surface area (Å²) in [6.45, 7) is 0.643. The molecular formula is C71H56N4O. The molecule has 4 bridgehead atoms. The van der Waals surface area contributed by atoms with Crippen LogP contribution in [0, 0.1) is 23.7 Å². The molecule has 76 heavy (non-hydrogen) atoms. The lowest BCUT2D eigenvalue weighted by molar-refractivity contribution is -0.0418. The molecule has 3 heterocycles. The molecule has 5 heteroatoms. The third kappa shape index (κ3) is 6.35. The van der Waals surface area contributed by atoms with E-state index >= 15 is 0 Å². The number of para-hydroxylation sites is 3. The van der Waals surface area contributed by atoms with Crippen molar-refractivity contribution in [3.8, 4) is 28.4 Å². The highest BCUT2D eigenvalue weighted by atomic mass is 16.5. The summed E-state index contributed by atoms with van der Waals surface area (Å²) in [5.41, 5.74) is 16.9. The third-order valence-electron chi connectivity index (χ3n) is 18.6. The van der Waals surface area contributed by atoms with Crippen molar-refractivity contribution < 1.29 is 4.74 Å². The molecule has 2 aromatic heterocycles. The Morgan fingerprint density at radius 1 is 0.408 bits per heavy atom. The topological polar surface area (TPSA) is 33.5 Å². The van der Waals surface area contributed by atoms with Crippen LogP contribution < -0.4 is 14.5 Å². The summed E-state index contributed by atoms with van der Waals surface area (Å²) in [4.78, 5) is 10.1. The van der Waals surface area contributed by atoms with Gasteiger partial charge in [0.15, 0.2) is 0 Å². The zero-order chi connectivity index (χ0) is 50.0. The van der Waals surface area contributed by atoms with Crippen LogP contribution in [-0.2, 0) is 10.8 Å². The van der Waals surface area contributed by atoms with E-state index in [2.05, 4.69) is 257 Å². The van der Waals surface area contributed by atoms with E-state index in [1.54, 1.807) is 0 Å². The standard InChI is InChI=1S/C71H56N4O/c1-4-17-49(18-5-1)70(53-38-47-37-48(40-53)41-54(70)39-47)52-35-36-72-69(42-52)75-65-28-13-11-26-61(65)62-34-32-58(45-68(62)75)76-57-24-16-23-55(43-57)73-46-74(67-30-15-14-29-66(67)73)56-31-33-60-59-25-10-12-27-63(59)71(64(60)44-56,50-19-6-2-7-20-50)51-21-8-3-9-22-51/h1-36,42-45,47-48,53-54H,37-41,46H2. The number of aromatic nitrogens is 2. The Morgan fingerprint density at radius 3 is 1.72 bits per heavy atom. The third-order valence-corrected chi connectivity index (χ3v) is 18.6. The van der Waals surface area contributed by atoms with Gasteiger partial charge in [0.1, 0.15) is 24.0 Å². The highest BCUT2D eigenvalue weighted by molar-refractivity contribution is 6.09. The second-order valence-corrected chi connectivity index (χ2v) is 22.3. The first-order valence-electron chi connectivity index (χ1n) is 27.5. The summed E-state index contributed by atoms with van der Waals surface area (Å²) in [6, 6.07) is 87.3. The van der Waals surface area contributed by atoms with E-state index in [0.717, 1.165) is 57.2 Å². The van der Waals surface area contributed by atoms with Crippen molar-refractivity contribution >= 4 is 44.6 Å². The van der Waals surface area contributed by atoms with E-state index in [1.807, 2.05) is 0 Å². The predicted octanol–water partition coefficient (Wildman–Crippen LogP) is 17.3. The highest BCUT2D eigenvalue weighted by Crippen LogP contribution is 2.65. The van der Waals surface area contributed by atoms with Crippen molar-refractivity contribution in [1.29, 1.82) is 0 Å². The van der Waals surface area contributed by atoms with E-state index in [-0.39, 0.29) is 5.41 Å². The molecule has 366 valence electrons. The van der Waals surface area contributed by atoms with Gasteiger partial charge in [-0.15, -0.1) is 0 Å². The molecule has 4 fully saturated rings.